The van der Waals surface area contributed by atoms with Gasteiger partial charge in [0.1, 0.15) is 12.1 Å². The van der Waals surface area contributed by atoms with E-state index in [4.69, 9.17) is 28.3 Å². The van der Waals surface area contributed by atoms with Crippen LogP contribution in [0.2, 0.25) is 10.0 Å². The first-order valence-electron chi connectivity index (χ1n) is 7.89. The van der Waals surface area contributed by atoms with E-state index in [1.165, 1.54) is 0 Å². The molecule has 0 unspecified atom stereocenters. The van der Waals surface area contributed by atoms with Crippen molar-refractivity contribution in [2.75, 3.05) is 6.54 Å². The van der Waals surface area contributed by atoms with Crippen molar-refractivity contribution in [1.82, 2.24) is 14.8 Å². The molecule has 0 fully saturated rings. The Hall–Kier alpha value is -2.31. The Morgan fingerprint density at radius 1 is 1.20 bits per heavy atom. The molecule has 0 N–H and O–H groups in total. The second-order valence-corrected chi connectivity index (χ2v) is 6.50. The van der Waals surface area contributed by atoms with E-state index >= 15 is 0 Å². The standard InChI is InChI=1S/C17H14Cl2N6/c1-2-14-17-16(6-10(7-20-17)15-8-21-24-22-15)25(23-14)9-11-12(18)4-3-5-13(11)19/h3-7H,2,8-9H2,1H3. The van der Waals surface area contributed by atoms with Crippen molar-refractivity contribution in [3.05, 3.63) is 57.3 Å². The number of aromatic nitrogens is 3. The zero-order valence-corrected chi connectivity index (χ0v) is 15.0. The average Bonchev–Trinajstić information content (AvgIpc) is 3.26. The molecule has 8 heteroatoms. The highest BCUT2D eigenvalue weighted by molar-refractivity contribution is 6.36. The summed E-state index contributed by atoms with van der Waals surface area (Å²) in [6, 6.07) is 7.51. The summed E-state index contributed by atoms with van der Waals surface area (Å²) in [5.41, 5.74) is 5.27. The molecule has 0 radical (unpaired) electrons. The monoisotopic (exact) mass is 372 g/mol. The summed E-state index contributed by atoms with van der Waals surface area (Å²) in [7, 11) is 0. The minimum atomic E-state index is 0.471. The van der Waals surface area contributed by atoms with Gasteiger partial charge >= 0.3 is 0 Å². The van der Waals surface area contributed by atoms with E-state index in [1.807, 2.05) is 28.9 Å². The molecule has 3 heterocycles. The zero-order chi connectivity index (χ0) is 17.4. The van der Waals surface area contributed by atoms with Crippen LogP contribution in [0.3, 0.4) is 0 Å². The number of rotatable bonds is 4. The van der Waals surface area contributed by atoms with Crippen LogP contribution in [0.1, 0.15) is 23.7 Å². The smallest absolute Gasteiger partial charge is 0.111 e. The molecule has 1 aromatic carbocycles. The van der Waals surface area contributed by atoms with Crippen LogP contribution < -0.4 is 0 Å². The molecule has 126 valence electrons. The fourth-order valence-electron chi connectivity index (χ4n) is 2.83. The summed E-state index contributed by atoms with van der Waals surface area (Å²) in [4.78, 5) is 4.59. The fraction of sp³-hybridized carbons (Fsp3) is 0.235. The first-order chi connectivity index (χ1) is 12.2. The van der Waals surface area contributed by atoms with Gasteiger partial charge in [-0.2, -0.15) is 10.2 Å². The number of halogens is 2. The molecular formula is C17H14Cl2N6. The van der Waals surface area contributed by atoms with Gasteiger partial charge in [-0.15, -0.1) is 5.10 Å². The number of hydrogen-bond acceptors (Lipinski definition) is 5. The van der Waals surface area contributed by atoms with E-state index in [1.54, 1.807) is 6.20 Å². The van der Waals surface area contributed by atoms with E-state index in [-0.39, 0.29) is 0 Å². The molecule has 1 aliphatic rings. The van der Waals surface area contributed by atoms with Crippen molar-refractivity contribution in [2.45, 2.75) is 19.9 Å². The molecule has 2 aromatic heterocycles. The molecule has 0 spiro atoms. The maximum absolute atomic E-state index is 6.32. The van der Waals surface area contributed by atoms with Crippen LogP contribution in [-0.4, -0.2) is 27.0 Å². The summed E-state index contributed by atoms with van der Waals surface area (Å²) in [5.74, 6) is 0. The Labute approximate surface area is 154 Å². The minimum Gasteiger partial charge on any atom is -0.258 e. The first kappa shape index (κ1) is 16.2. The van der Waals surface area contributed by atoms with Crippen LogP contribution in [0.15, 0.2) is 45.9 Å². The van der Waals surface area contributed by atoms with Gasteiger partial charge in [0.05, 0.1) is 23.5 Å². The maximum atomic E-state index is 6.32. The molecule has 3 aromatic rings. The van der Waals surface area contributed by atoms with Gasteiger partial charge in [0, 0.05) is 27.4 Å². The van der Waals surface area contributed by atoms with E-state index < -0.39 is 0 Å². The van der Waals surface area contributed by atoms with Crippen LogP contribution in [0.25, 0.3) is 11.0 Å². The summed E-state index contributed by atoms with van der Waals surface area (Å²) in [5, 5.41) is 17.6. The Bertz CT molecular complexity index is 1000. The van der Waals surface area contributed by atoms with E-state index in [0.717, 1.165) is 40.0 Å². The van der Waals surface area contributed by atoms with Gasteiger partial charge in [-0.05, 0) is 29.8 Å². The summed E-state index contributed by atoms with van der Waals surface area (Å²) in [6.07, 6.45) is 2.59. The fourth-order valence-corrected chi connectivity index (χ4v) is 3.35. The number of hydrogen-bond donors (Lipinski definition) is 0. The molecule has 0 bridgehead atoms. The van der Waals surface area contributed by atoms with Crippen molar-refractivity contribution in [1.29, 1.82) is 0 Å². The molecule has 0 atom stereocenters. The molecule has 6 nitrogen and oxygen atoms in total. The predicted molar refractivity (Wildman–Crippen MR) is 98.7 cm³/mol. The second kappa shape index (κ2) is 6.54. The molecule has 0 saturated carbocycles. The Morgan fingerprint density at radius 3 is 2.68 bits per heavy atom. The van der Waals surface area contributed by atoms with Gasteiger partial charge in [-0.25, -0.2) is 0 Å². The number of benzene rings is 1. The van der Waals surface area contributed by atoms with E-state index in [9.17, 15) is 0 Å². The number of aryl methyl sites for hydroxylation is 1. The molecule has 25 heavy (non-hydrogen) atoms. The molecular weight excluding hydrogens is 359 g/mol. The Balaban J connectivity index is 1.83. The first-order valence-corrected chi connectivity index (χ1v) is 8.65. The van der Waals surface area contributed by atoms with Crippen LogP contribution in [0.5, 0.6) is 0 Å². The lowest BCUT2D eigenvalue weighted by molar-refractivity contribution is 0.696. The predicted octanol–water partition coefficient (Wildman–Crippen LogP) is 4.52. The maximum Gasteiger partial charge on any atom is 0.111 e. The summed E-state index contributed by atoms with van der Waals surface area (Å²) in [6.45, 7) is 3.00. The lowest BCUT2D eigenvalue weighted by Gasteiger charge is -2.08. The zero-order valence-electron chi connectivity index (χ0n) is 13.4. The Morgan fingerprint density at radius 2 is 2.00 bits per heavy atom. The second-order valence-electron chi connectivity index (χ2n) is 5.69. The highest BCUT2D eigenvalue weighted by atomic mass is 35.5. The average molecular weight is 373 g/mol. The van der Waals surface area contributed by atoms with Gasteiger partial charge in [-0.1, -0.05) is 36.2 Å². The molecule has 0 amide bonds. The third-order valence-electron chi connectivity index (χ3n) is 4.15. The van der Waals surface area contributed by atoms with Gasteiger partial charge in [0.15, 0.2) is 0 Å². The lowest BCUT2D eigenvalue weighted by Crippen LogP contribution is -2.06. The van der Waals surface area contributed by atoms with Gasteiger partial charge in [0.2, 0.25) is 0 Å². The van der Waals surface area contributed by atoms with Gasteiger partial charge in [-0.3, -0.25) is 9.67 Å². The number of nitrogens with zero attached hydrogens (tertiary/aromatic N) is 6. The molecule has 1 aliphatic heterocycles. The van der Waals surface area contributed by atoms with Crippen LogP contribution >= 0.6 is 23.2 Å². The normalized spacial score (nSPS) is 13.6. The van der Waals surface area contributed by atoms with Crippen molar-refractivity contribution in [2.24, 2.45) is 15.4 Å². The number of pyridine rings is 1. The van der Waals surface area contributed by atoms with Gasteiger partial charge in [0.25, 0.3) is 0 Å². The lowest BCUT2D eigenvalue weighted by atomic mass is 10.1. The third kappa shape index (κ3) is 2.92. The quantitative estimate of drug-likeness (QED) is 0.675. The highest BCUT2D eigenvalue weighted by Crippen LogP contribution is 2.27. The Kier molecular flexibility index (Phi) is 4.23. The van der Waals surface area contributed by atoms with Crippen molar-refractivity contribution < 1.29 is 0 Å². The van der Waals surface area contributed by atoms with Crippen molar-refractivity contribution in [3.63, 3.8) is 0 Å². The topological polar surface area (TPSA) is 67.8 Å². The molecule has 0 saturated heterocycles. The largest absolute Gasteiger partial charge is 0.258 e. The van der Waals surface area contributed by atoms with Crippen LogP contribution in [-0.2, 0) is 13.0 Å². The summed E-state index contributed by atoms with van der Waals surface area (Å²) < 4.78 is 1.89. The highest BCUT2D eigenvalue weighted by Gasteiger charge is 2.16. The molecule has 0 aliphatic carbocycles. The SMILES string of the molecule is CCc1nn(Cc2c(Cl)cccc2Cl)c2cc(C3=NN=NC3)cnc12. The van der Waals surface area contributed by atoms with Crippen molar-refractivity contribution >= 4 is 39.9 Å². The third-order valence-corrected chi connectivity index (χ3v) is 4.86. The van der Waals surface area contributed by atoms with Crippen molar-refractivity contribution in [3.8, 4) is 0 Å². The van der Waals surface area contributed by atoms with E-state index in [0.29, 0.717) is 23.1 Å². The van der Waals surface area contributed by atoms with Crippen LogP contribution in [0.4, 0.5) is 0 Å². The summed E-state index contributed by atoms with van der Waals surface area (Å²) >= 11 is 12.6. The minimum absolute atomic E-state index is 0.471. The van der Waals surface area contributed by atoms with Gasteiger partial charge < -0.3 is 0 Å². The van der Waals surface area contributed by atoms with E-state index in [2.05, 4.69) is 27.3 Å². The molecule has 4 rings (SSSR count). The number of fused-ring (bicyclic) bond motifs is 1. The van der Waals surface area contributed by atoms with Crippen LogP contribution in [0, 0.1) is 0 Å².